The monoisotopic (exact) mass is 312 g/mol. The van der Waals surface area contributed by atoms with Gasteiger partial charge in [-0.2, -0.15) is 12.6 Å². The Morgan fingerprint density at radius 2 is 1.55 bits per heavy atom. The Balaban J connectivity index is 2.28. The molecule has 0 fully saturated rings. The van der Waals surface area contributed by atoms with Crippen molar-refractivity contribution in [3.05, 3.63) is 81.0 Å². The van der Waals surface area contributed by atoms with Crippen molar-refractivity contribution in [3.8, 4) is 0 Å². The fourth-order valence-electron chi connectivity index (χ4n) is 2.59. The largest absolute Gasteiger partial charge is 0.331 e. The second-order valence-electron chi connectivity index (χ2n) is 5.05. The molecular weight excluding hydrogens is 296 g/mol. The van der Waals surface area contributed by atoms with Gasteiger partial charge in [-0.3, -0.25) is 13.9 Å². The Morgan fingerprint density at radius 3 is 2.27 bits per heavy atom. The lowest BCUT2D eigenvalue weighted by molar-refractivity contribution is 0.623. The molecule has 0 radical (unpaired) electrons. The third-order valence-electron chi connectivity index (χ3n) is 3.64. The van der Waals surface area contributed by atoms with Crippen LogP contribution in [0.25, 0.3) is 10.9 Å². The Hall–Kier alpha value is -2.27. The van der Waals surface area contributed by atoms with Crippen LogP contribution in [0, 0.1) is 0 Å². The van der Waals surface area contributed by atoms with Gasteiger partial charge in [0.15, 0.2) is 0 Å². The Labute approximate surface area is 133 Å². The molecule has 0 spiro atoms. The summed E-state index contributed by atoms with van der Waals surface area (Å²) in [5.74, 6) is 0.443. The van der Waals surface area contributed by atoms with Crippen molar-refractivity contribution in [1.82, 2.24) is 9.13 Å². The number of aromatic nitrogens is 2. The molecule has 0 aliphatic heterocycles. The average molecular weight is 312 g/mol. The number of fused-ring (bicyclic) bond motifs is 1. The highest BCUT2D eigenvalue weighted by Crippen LogP contribution is 2.10. The molecule has 1 heterocycles. The SMILES string of the molecule is O=c1c2ccccc2n(Cc2ccccc2)c(=O)n1CCS. The number of hydrogen-bond donors (Lipinski definition) is 1. The van der Waals surface area contributed by atoms with E-state index in [2.05, 4.69) is 12.6 Å². The molecule has 0 saturated carbocycles. The molecule has 112 valence electrons. The van der Waals surface area contributed by atoms with Gasteiger partial charge in [0, 0.05) is 12.3 Å². The average Bonchev–Trinajstić information content (AvgIpc) is 2.56. The summed E-state index contributed by atoms with van der Waals surface area (Å²) in [6.07, 6.45) is 0. The molecule has 22 heavy (non-hydrogen) atoms. The third-order valence-corrected chi connectivity index (χ3v) is 3.84. The van der Waals surface area contributed by atoms with Crippen LogP contribution in [0.3, 0.4) is 0 Å². The van der Waals surface area contributed by atoms with E-state index < -0.39 is 0 Å². The van der Waals surface area contributed by atoms with Crippen LogP contribution in [-0.4, -0.2) is 14.9 Å². The molecule has 0 N–H and O–H groups in total. The highest BCUT2D eigenvalue weighted by Gasteiger charge is 2.12. The zero-order valence-corrected chi connectivity index (χ0v) is 12.9. The molecule has 4 nitrogen and oxygen atoms in total. The van der Waals surface area contributed by atoms with Gasteiger partial charge in [-0.25, -0.2) is 4.79 Å². The van der Waals surface area contributed by atoms with Crippen LogP contribution in [0.4, 0.5) is 0 Å². The van der Waals surface area contributed by atoms with Crippen LogP contribution >= 0.6 is 12.6 Å². The van der Waals surface area contributed by atoms with Gasteiger partial charge in [0.1, 0.15) is 0 Å². The topological polar surface area (TPSA) is 44.0 Å². The van der Waals surface area contributed by atoms with Crippen molar-refractivity contribution in [2.45, 2.75) is 13.1 Å². The van der Waals surface area contributed by atoms with Crippen LogP contribution in [0.2, 0.25) is 0 Å². The van der Waals surface area contributed by atoms with E-state index in [1.54, 1.807) is 10.6 Å². The number of hydrogen-bond acceptors (Lipinski definition) is 3. The van der Waals surface area contributed by atoms with Crippen LogP contribution < -0.4 is 11.2 Å². The second-order valence-corrected chi connectivity index (χ2v) is 5.50. The number of benzene rings is 2. The van der Waals surface area contributed by atoms with E-state index in [0.717, 1.165) is 5.56 Å². The lowest BCUT2D eigenvalue weighted by Crippen LogP contribution is -2.40. The fourth-order valence-corrected chi connectivity index (χ4v) is 2.79. The molecule has 3 aromatic rings. The van der Waals surface area contributed by atoms with Crippen LogP contribution in [-0.2, 0) is 13.1 Å². The molecule has 0 bridgehead atoms. The minimum absolute atomic E-state index is 0.251. The summed E-state index contributed by atoms with van der Waals surface area (Å²) in [6, 6.07) is 17.0. The van der Waals surface area contributed by atoms with E-state index in [1.807, 2.05) is 48.5 Å². The molecule has 0 amide bonds. The fraction of sp³-hybridized carbons (Fsp3) is 0.176. The number of thiol groups is 1. The van der Waals surface area contributed by atoms with Gasteiger partial charge in [0.2, 0.25) is 0 Å². The summed E-state index contributed by atoms with van der Waals surface area (Å²) in [7, 11) is 0. The van der Waals surface area contributed by atoms with Crippen LogP contribution in [0.5, 0.6) is 0 Å². The van der Waals surface area contributed by atoms with Crippen LogP contribution in [0.15, 0.2) is 64.2 Å². The maximum Gasteiger partial charge on any atom is 0.331 e. The minimum Gasteiger partial charge on any atom is -0.289 e. The number of nitrogens with zero attached hydrogens (tertiary/aromatic N) is 2. The van der Waals surface area contributed by atoms with Gasteiger partial charge in [-0.15, -0.1) is 0 Å². The highest BCUT2D eigenvalue weighted by atomic mass is 32.1. The van der Waals surface area contributed by atoms with Crippen molar-refractivity contribution in [2.24, 2.45) is 0 Å². The zero-order chi connectivity index (χ0) is 15.5. The van der Waals surface area contributed by atoms with Crippen molar-refractivity contribution in [1.29, 1.82) is 0 Å². The lowest BCUT2D eigenvalue weighted by Gasteiger charge is -2.13. The quantitative estimate of drug-likeness (QED) is 0.750. The first-order valence-electron chi connectivity index (χ1n) is 7.09. The first-order valence-corrected chi connectivity index (χ1v) is 7.73. The predicted octanol–water partition coefficient (Wildman–Crippen LogP) is 2.14. The maximum absolute atomic E-state index is 12.7. The van der Waals surface area contributed by atoms with Gasteiger partial charge in [0.25, 0.3) is 5.56 Å². The van der Waals surface area contributed by atoms with Crippen molar-refractivity contribution < 1.29 is 0 Å². The highest BCUT2D eigenvalue weighted by molar-refractivity contribution is 7.80. The molecular formula is C17H16N2O2S. The van der Waals surface area contributed by atoms with Gasteiger partial charge in [-0.1, -0.05) is 42.5 Å². The molecule has 3 rings (SSSR count). The Morgan fingerprint density at radius 1 is 0.864 bits per heavy atom. The predicted molar refractivity (Wildman–Crippen MR) is 91.9 cm³/mol. The number of para-hydroxylation sites is 1. The van der Waals surface area contributed by atoms with Gasteiger partial charge in [0.05, 0.1) is 17.4 Å². The summed E-state index contributed by atoms with van der Waals surface area (Å²) in [5.41, 5.74) is 1.14. The lowest BCUT2D eigenvalue weighted by atomic mass is 10.2. The van der Waals surface area contributed by atoms with E-state index in [0.29, 0.717) is 29.7 Å². The molecule has 0 unspecified atom stereocenters. The summed E-state index contributed by atoms with van der Waals surface area (Å²) in [6.45, 7) is 0.743. The normalized spacial score (nSPS) is 11.0. The van der Waals surface area contributed by atoms with E-state index in [9.17, 15) is 9.59 Å². The molecule has 0 saturated heterocycles. The summed E-state index contributed by atoms with van der Waals surface area (Å²) in [5, 5.41) is 0.555. The molecule has 0 aliphatic rings. The molecule has 5 heteroatoms. The molecule has 0 aliphatic carbocycles. The van der Waals surface area contributed by atoms with E-state index in [-0.39, 0.29) is 11.2 Å². The smallest absolute Gasteiger partial charge is 0.289 e. The Kier molecular flexibility index (Phi) is 4.15. The van der Waals surface area contributed by atoms with Crippen molar-refractivity contribution >= 4 is 23.5 Å². The van der Waals surface area contributed by atoms with E-state index >= 15 is 0 Å². The summed E-state index contributed by atoms with van der Waals surface area (Å²) in [4.78, 5) is 25.1. The summed E-state index contributed by atoms with van der Waals surface area (Å²) >= 11 is 4.15. The zero-order valence-electron chi connectivity index (χ0n) is 12.0. The summed E-state index contributed by atoms with van der Waals surface area (Å²) < 4.78 is 2.91. The van der Waals surface area contributed by atoms with E-state index in [1.165, 1.54) is 4.57 Å². The Bertz CT molecular complexity index is 913. The second kappa shape index (κ2) is 6.23. The standard InChI is InChI=1S/C17H16N2O2S/c20-16-14-8-4-5-9-15(14)19(17(21)18(16)10-11-22)12-13-6-2-1-3-7-13/h1-9,22H,10-12H2. The first kappa shape index (κ1) is 14.7. The molecule has 2 aromatic carbocycles. The van der Waals surface area contributed by atoms with Gasteiger partial charge < -0.3 is 0 Å². The maximum atomic E-state index is 12.7. The minimum atomic E-state index is -0.290. The van der Waals surface area contributed by atoms with E-state index in [4.69, 9.17) is 0 Å². The van der Waals surface area contributed by atoms with Crippen molar-refractivity contribution in [3.63, 3.8) is 0 Å². The first-order chi connectivity index (χ1) is 10.7. The third kappa shape index (κ3) is 2.60. The van der Waals surface area contributed by atoms with Gasteiger partial charge in [-0.05, 0) is 17.7 Å². The number of rotatable bonds is 4. The molecule has 1 aromatic heterocycles. The van der Waals surface area contributed by atoms with Crippen molar-refractivity contribution in [2.75, 3.05) is 5.75 Å². The van der Waals surface area contributed by atoms with Gasteiger partial charge >= 0.3 is 5.69 Å². The molecule has 0 atom stereocenters. The van der Waals surface area contributed by atoms with Crippen LogP contribution in [0.1, 0.15) is 5.56 Å².